The SMILES string of the molecule is C=C(O)[C@@H](C)C=N. The van der Waals surface area contributed by atoms with E-state index in [-0.39, 0.29) is 11.7 Å². The third-order valence-electron chi connectivity index (χ3n) is 0.776. The maximum Gasteiger partial charge on any atom is 0.0932 e. The summed E-state index contributed by atoms with van der Waals surface area (Å²) in [5.41, 5.74) is 0. The quantitative estimate of drug-likeness (QED) is 0.398. The van der Waals surface area contributed by atoms with Gasteiger partial charge in [-0.15, -0.1) is 0 Å². The van der Waals surface area contributed by atoms with Crippen LogP contribution >= 0.6 is 0 Å². The fourth-order valence-corrected chi connectivity index (χ4v) is 0.0962. The second-order valence-electron chi connectivity index (χ2n) is 1.45. The molecular formula is C5H9NO. The van der Waals surface area contributed by atoms with Gasteiger partial charge in [-0.3, -0.25) is 0 Å². The van der Waals surface area contributed by atoms with Crippen molar-refractivity contribution in [1.29, 1.82) is 5.41 Å². The van der Waals surface area contributed by atoms with Gasteiger partial charge in [0, 0.05) is 12.1 Å². The second-order valence-corrected chi connectivity index (χ2v) is 1.45. The summed E-state index contributed by atoms with van der Waals surface area (Å²) in [5.74, 6) is -0.144. The van der Waals surface area contributed by atoms with E-state index in [4.69, 9.17) is 10.5 Å². The van der Waals surface area contributed by atoms with Crippen molar-refractivity contribution in [2.24, 2.45) is 5.92 Å². The van der Waals surface area contributed by atoms with Crippen molar-refractivity contribution in [3.8, 4) is 0 Å². The normalized spacial score (nSPS) is 12.7. The van der Waals surface area contributed by atoms with Crippen molar-refractivity contribution < 1.29 is 5.11 Å². The Morgan fingerprint density at radius 1 is 2.00 bits per heavy atom. The van der Waals surface area contributed by atoms with E-state index in [2.05, 4.69) is 6.58 Å². The number of aliphatic hydroxyl groups excluding tert-OH is 1. The zero-order valence-corrected chi connectivity index (χ0v) is 4.31. The first kappa shape index (κ1) is 6.21. The first-order valence-electron chi connectivity index (χ1n) is 2.07. The maximum atomic E-state index is 8.48. The summed E-state index contributed by atoms with van der Waals surface area (Å²) in [4.78, 5) is 0. The highest BCUT2D eigenvalue weighted by molar-refractivity contribution is 5.59. The van der Waals surface area contributed by atoms with Gasteiger partial charge in [0.2, 0.25) is 0 Å². The van der Waals surface area contributed by atoms with Gasteiger partial charge in [0.05, 0.1) is 5.76 Å². The molecule has 0 aromatic rings. The molecule has 40 valence electrons. The molecule has 7 heavy (non-hydrogen) atoms. The predicted molar refractivity (Wildman–Crippen MR) is 29.7 cm³/mol. The van der Waals surface area contributed by atoms with Gasteiger partial charge in [0.25, 0.3) is 0 Å². The Morgan fingerprint density at radius 2 is 2.43 bits per heavy atom. The Morgan fingerprint density at radius 3 is 2.43 bits per heavy atom. The predicted octanol–water partition coefficient (Wildman–Crippen LogP) is 1.34. The van der Waals surface area contributed by atoms with Crippen LogP contribution in [0.25, 0.3) is 0 Å². The summed E-state index contributed by atoms with van der Waals surface area (Å²) in [6, 6.07) is 0. The molecule has 0 fully saturated rings. The molecule has 0 aromatic carbocycles. The molecule has 1 atom stereocenters. The van der Waals surface area contributed by atoms with Crippen LogP contribution in [-0.2, 0) is 0 Å². The number of rotatable bonds is 2. The minimum Gasteiger partial charge on any atom is -0.512 e. The molecule has 0 saturated heterocycles. The summed E-state index contributed by atoms with van der Waals surface area (Å²) in [6.45, 7) is 4.93. The Bertz CT molecular complexity index is 88.1. The maximum absolute atomic E-state index is 8.48. The van der Waals surface area contributed by atoms with Crippen molar-refractivity contribution in [3.63, 3.8) is 0 Å². The molecule has 0 radical (unpaired) electrons. The van der Waals surface area contributed by atoms with Crippen LogP contribution in [0.15, 0.2) is 12.3 Å². The van der Waals surface area contributed by atoms with Gasteiger partial charge in [0.15, 0.2) is 0 Å². The largest absolute Gasteiger partial charge is 0.512 e. The zero-order chi connectivity index (χ0) is 5.86. The van der Waals surface area contributed by atoms with E-state index in [0.29, 0.717) is 0 Å². The molecule has 2 heteroatoms. The topological polar surface area (TPSA) is 44.1 Å². The fraction of sp³-hybridized carbons (Fsp3) is 0.400. The first-order valence-corrected chi connectivity index (χ1v) is 2.07. The van der Waals surface area contributed by atoms with E-state index >= 15 is 0 Å². The fourth-order valence-electron chi connectivity index (χ4n) is 0.0962. The monoisotopic (exact) mass is 99.1 g/mol. The van der Waals surface area contributed by atoms with E-state index in [9.17, 15) is 0 Å². The van der Waals surface area contributed by atoms with Crippen LogP contribution in [0.2, 0.25) is 0 Å². The summed E-state index contributed by atoms with van der Waals surface area (Å²) in [6.07, 6.45) is 1.14. The average molecular weight is 99.1 g/mol. The second kappa shape index (κ2) is 2.39. The van der Waals surface area contributed by atoms with E-state index in [1.807, 2.05) is 0 Å². The van der Waals surface area contributed by atoms with Crippen LogP contribution < -0.4 is 0 Å². The molecule has 0 aromatic heterocycles. The van der Waals surface area contributed by atoms with E-state index < -0.39 is 0 Å². The molecule has 0 bridgehead atoms. The smallest absolute Gasteiger partial charge is 0.0932 e. The minimum atomic E-state index is -0.194. The van der Waals surface area contributed by atoms with Crippen LogP contribution in [0.5, 0.6) is 0 Å². The van der Waals surface area contributed by atoms with Crippen LogP contribution in [0.4, 0.5) is 0 Å². The summed E-state index contributed by atoms with van der Waals surface area (Å²) >= 11 is 0. The highest BCUT2D eigenvalue weighted by atomic mass is 16.3. The molecule has 0 aliphatic rings. The number of hydrogen-bond donors (Lipinski definition) is 2. The lowest BCUT2D eigenvalue weighted by Gasteiger charge is -1.97. The molecule has 0 amide bonds. The number of aliphatic hydroxyl groups is 1. The zero-order valence-electron chi connectivity index (χ0n) is 4.31. The lowest BCUT2D eigenvalue weighted by Crippen LogP contribution is -1.96. The third-order valence-corrected chi connectivity index (χ3v) is 0.776. The van der Waals surface area contributed by atoms with Gasteiger partial charge in [-0.05, 0) is 0 Å². The van der Waals surface area contributed by atoms with Crippen LogP contribution in [0.3, 0.4) is 0 Å². The number of allylic oxidation sites excluding steroid dienone is 1. The summed E-state index contributed by atoms with van der Waals surface area (Å²) < 4.78 is 0. The molecule has 0 unspecified atom stereocenters. The van der Waals surface area contributed by atoms with Crippen molar-refractivity contribution in [2.75, 3.05) is 0 Å². The first-order chi connectivity index (χ1) is 3.18. The van der Waals surface area contributed by atoms with Gasteiger partial charge in [-0.2, -0.15) is 0 Å². The highest BCUT2D eigenvalue weighted by Crippen LogP contribution is 1.97. The average Bonchev–Trinajstić information content (AvgIpc) is 1.65. The minimum absolute atomic E-state index is 0.0509. The van der Waals surface area contributed by atoms with Gasteiger partial charge < -0.3 is 10.5 Å². The molecular weight excluding hydrogens is 90.1 g/mol. The van der Waals surface area contributed by atoms with E-state index in [1.165, 1.54) is 0 Å². The van der Waals surface area contributed by atoms with E-state index in [1.54, 1.807) is 6.92 Å². The van der Waals surface area contributed by atoms with Crippen molar-refractivity contribution >= 4 is 6.21 Å². The standard InChI is InChI=1S/C5H9NO/c1-4(3-6)5(2)7/h3-4,6-7H,2H2,1H3/t4-/m0/s1. The van der Waals surface area contributed by atoms with Crippen LogP contribution in [-0.4, -0.2) is 11.3 Å². The highest BCUT2D eigenvalue weighted by Gasteiger charge is 1.96. The van der Waals surface area contributed by atoms with Gasteiger partial charge >= 0.3 is 0 Å². The molecule has 0 aliphatic heterocycles. The van der Waals surface area contributed by atoms with Gasteiger partial charge in [-0.25, -0.2) is 0 Å². The molecule has 0 saturated carbocycles. The molecule has 0 spiro atoms. The molecule has 2 N–H and O–H groups in total. The Hall–Kier alpha value is -0.790. The molecule has 0 aliphatic carbocycles. The Kier molecular flexibility index (Phi) is 2.12. The number of hydrogen-bond acceptors (Lipinski definition) is 2. The van der Waals surface area contributed by atoms with Gasteiger partial charge in [0.1, 0.15) is 0 Å². The Labute approximate surface area is 43.0 Å². The van der Waals surface area contributed by atoms with Crippen LogP contribution in [0, 0.1) is 11.3 Å². The summed E-state index contributed by atoms with van der Waals surface area (Å²) in [7, 11) is 0. The Balaban J connectivity index is 3.55. The molecule has 2 nitrogen and oxygen atoms in total. The number of nitrogens with one attached hydrogen (secondary N) is 1. The third kappa shape index (κ3) is 1.98. The lowest BCUT2D eigenvalue weighted by atomic mass is 10.2. The molecule has 0 rings (SSSR count). The summed E-state index contributed by atoms with van der Waals surface area (Å²) in [5, 5.41) is 15.1. The lowest BCUT2D eigenvalue weighted by molar-refractivity contribution is 0.377. The van der Waals surface area contributed by atoms with Crippen molar-refractivity contribution in [2.45, 2.75) is 6.92 Å². The van der Waals surface area contributed by atoms with Crippen LogP contribution in [0.1, 0.15) is 6.92 Å². The van der Waals surface area contributed by atoms with E-state index in [0.717, 1.165) is 6.21 Å². The van der Waals surface area contributed by atoms with Gasteiger partial charge in [-0.1, -0.05) is 13.5 Å². The molecule has 0 heterocycles. The van der Waals surface area contributed by atoms with Crippen molar-refractivity contribution in [1.82, 2.24) is 0 Å². The van der Waals surface area contributed by atoms with Crippen molar-refractivity contribution in [3.05, 3.63) is 12.3 Å².